The van der Waals surface area contributed by atoms with Crippen molar-refractivity contribution in [3.8, 4) is 5.75 Å². The second-order valence-corrected chi connectivity index (χ2v) is 8.62. The van der Waals surface area contributed by atoms with Gasteiger partial charge in [0, 0.05) is 5.02 Å². The molecule has 1 aliphatic rings. The minimum atomic E-state index is -0.867. The van der Waals surface area contributed by atoms with Gasteiger partial charge in [-0.15, -0.1) is 0 Å². The topological polar surface area (TPSA) is 105 Å². The van der Waals surface area contributed by atoms with Crippen LogP contribution >= 0.6 is 23.2 Å². The maximum atomic E-state index is 13.2. The summed E-state index contributed by atoms with van der Waals surface area (Å²) in [7, 11) is 0. The van der Waals surface area contributed by atoms with Crippen molar-refractivity contribution in [1.82, 2.24) is 5.32 Å². The van der Waals surface area contributed by atoms with Gasteiger partial charge in [-0.25, -0.2) is 9.69 Å². The number of para-hydroxylation sites is 1. The molecule has 0 bridgehead atoms. The Morgan fingerprint density at radius 3 is 2.58 bits per heavy atom. The molecule has 36 heavy (non-hydrogen) atoms. The van der Waals surface area contributed by atoms with Gasteiger partial charge < -0.3 is 10.1 Å². The molecular formula is C26H19Cl2N3O5. The number of hydrogen-bond acceptors (Lipinski definition) is 5. The summed E-state index contributed by atoms with van der Waals surface area (Å²) in [6.45, 7) is 1.43. The van der Waals surface area contributed by atoms with Gasteiger partial charge in [-0.3, -0.25) is 19.7 Å². The molecule has 0 unspecified atom stereocenters. The normalized spacial score (nSPS) is 14.6. The van der Waals surface area contributed by atoms with Crippen LogP contribution in [0.4, 0.5) is 16.2 Å². The number of barbiturate groups is 1. The lowest BCUT2D eigenvalue weighted by Crippen LogP contribution is -2.54. The number of urea groups is 1. The standard InChI is InChI=1S/C26H19Cl2N3O5/c1-15-9-10-17(27)13-22(15)31-25(34)19(24(33)30-26(31)35)12-16-5-4-6-18(11-16)36-14-23(32)29-21-8-3-2-7-20(21)28/h2-13H,14H2,1H3,(H,29,32)(H,30,33,35)/b19-12+. The monoisotopic (exact) mass is 523 g/mol. The molecule has 5 amide bonds. The number of carbonyl (C=O) groups excluding carboxylic acids is 4. The summed E-state index contributed by atoms with van der Waals surface area (Å²) in [6.07, 6.45) is 1.34. The van der Waals surface area contributed by atoms with E-state index >= 15 is 0 Å². The molecule has 1 aliphatic heterocycles. The smallest absolute Gasteiger partial charge is 0.335 e. The van der Waals surface area contributed by atoms with Crippen molar-refractivity contribution < 1.29 is 23.9 Å². The first-order chi connectivity index (χ1) is 17.2. The van der Waals surface area contributed by atoms with E-state index in [1.54, 1.807) is 67.6 Å². The summed E-state index contributed by atoms with van der Waals surface area (Å²) in [5, 5.41) is 5.57. The summed E-state index contributed by atoms with van der Waals surface area (Å²) in [6, 6.07) is 17.2. The quantitative estimate of drug-likeness (QED) is 0.350. The third-order valence-corrected chi connectivity index (χ3v) is 5.77. The number of nitrogens with zero attached hydrogens (tertiary/aromatic N) is 1. The third kappa shape index (κ3) is 5.56. The number of carbonyl (C=O) groups is 4. The molecule has 0 aliphatic carbocycles. The van der Waals surface area contributed by atoms with Gasteiger partial charge in [0.05, 0.1) is 16.4 Å². The Balaban J connectivity index is 1.52. The van der Waals surface area contributed by atoms with Gasteiger partial charge in [-0.2, -0.15) is 0 Å². The summed E-state index contributed by atoms with van der Waals surface area (Å²) >= 11 is 12.1. The molecule has 1 saturated heterocycles. The van der Waals surface area contributed by atoms with E-state index in [1.165, 1.54) is 12.1 Å². The molecular weight excluding hydrogens is 505 g/mol. The molecule has 182 valence electrons. The summed E-state index contributed by atoms with van der Waals surface area (Å²) in [5.41, 5.74) is 1.56. The van der Waals surface area contributed by atoms with E-state index in [4.69, 9.17) is 27.9 Å². The number of halogens is 2. The van der Waals surface area contributed by atoms with Crippen molar-refractivity contribution in [2.75, 3.05) is 16.8 Å². The van der Waals surface area contributed by atoms with E-state index in [0.29, 0.717) is 32.6 Å². The Kier molecular flexibility index (Phi) is 7.38. The fraction of sp³-hybridized carbons (Fsp3) is 0.0769. The molecule has 3 aromatic rings. The molecule has 10 heteroatoms. The van der Waals surface area contributed by atoms with Gasteiger partial charge in [0.2, 0.25) is 0 Å². The van der Waals surface area contributed by atoms with Crippen LogP contribution in [-0.2, 0) is 14.4 Å². The van der Waals surface area contributed by atoms with Crippen LogP contribution in [0.1, 0.15) is 11.1 Å². The molecule has 0 aromatic heterocycles. The lowest BCUT2D eigenvalue weighted by molar-refractivity contribution is -0.122. The van der Waals surface area contributed by atoms with Crippen molar-refractivity contribution in [3.05, 3.63) is 93.5 Å². The van der Waals surface area contributed by atoms with Crippen LogP contribution in [0.3, 0.4) is 0 Å². The summed E-state index contributed by atoms with van der Waals surface area (Å²) in [5.74, 6) is -1.70. The predicted molar refractivity (Wildman–Crippen MR) is 137 cm³/mol. The van der Waals surface area contributed by atoms with Crippen LogP contribution in [0.15, 0.2) is 72.3 Å². The van der Waals surface area contributed by atoms with Crippen LogP contribution in [0.25, 0.3) is 6.08 Å². The minimum absolute atomic E-state index is 0.248. The molecule has 0 radical (unpaired) electrons. The Bertz CT molecular complexity index is 1420. The van der Waals surface area contributed by atoms with Crippen molar-refractivity contribution in [3.63, 3.8) is 0 Å². The molecule has 0 spiro atoms. The first-order valence-electron chi connectivity index (χ1n) is 10.7. The molecule has 0 atom stereocenters. The number of ether oxygens (including phenoxy) is 1. The number of nitrogens with one attached hydrogen (secondary N) is 2. The van der Waals surface area contributed by atoms with E-state index in [9.17, 15) is 19.2 Å². The van der Waals surface area contributed by atoms with Crippen LogP contribution in [0.5, 0.6) is 5.75 Å². The molecule has 4 rings (SSSR count). The average molecular weight is 524 g/mol. The number of rotatable bonds is 6. The van der Waals surface area contributed by atoms with Crippen molar-refractivity contribution in [1.29, 1.82) is 0 Å². The molecule has 0 saturated carbocycles. The van der Waals surface area contributed by atoms with E-state index < -0.39 is 23.8 Å². The molecule has 1 heterocycles. The number of aryl methyl sites for hydroxylation is 1. The lowest BCUT2D eigenvalue weighted by Gasteiger charge is -2.27. The Morgan fingerprint density at radius 2 is 1.81 bits per heavy atom. The average Bonchev–Trinajstić information content (AvgIpc) is 2.84. The summed E-state index contributed by atoms with van der Waals surface area (Å²) in [4.78, 5) is 51.2. The number of amides is 5. The Hall–Kier alpha value is -4.14. The van der Waals surface area contributed by atoms with Crippen molar-refractivity contribution in [2.45, 2.75) is 6.92 Å². The molecule has 3 aromatic carbocycles. The van der Waals surface area contributed by atoms with Crippen molar-refractivity contribution >= 4 is 64.4 Å². The first kappa shape index (κ1) is 25.0. The molecule has 1 fully saturated rings. The van der Waals surface area contributed by atoms with Crippen molar-refractivity contribution in [2.24, 2.45) is 0 Å². The van der Waals surface area contributed by atoms with E-state index in [0.717, 1.165) is 4.90 Å². The van der Waals surface area contributed by atoms with Crippen LogP contribution in [-0.4, -0.2) is 30.4 Å². The summed E-state index contributed by atoms with van der Waals surface area (Å²) < 4.78 is 5.55. The molecule has 8 nitrogen and oxygen atoms in total. The van der Waals surface area contributed by atoms with Gasteiger partial charge in [0.1, 0.15) is 11.3 Å². The van der Waals surface area contributed by atoms with Crippen LogP contribution in [0.2, 0.25) is 10.0 Å². The Morgan fingerprint density at radius 1 is 1.03 bits per heavy atom. The number of anilines is 2. The zero-order valence-electron chi connectivity index (χ0n) is 18.9. The highest BCUT2D eigenvalue weighted by Crippen LogP contribution is 2.28. The van der Waals surface area contributed by atoms with E-state index in [2.05, 4.69) is 10.6 Å². The highest BCUT2D eigenvalue weighted by molar-refractivity contribution is 6.39. The number of hydrogen-bond donors (Lipinski definition) is 2. The first-order valence-corrected chi connectivity index (χ1v) is 11.4. The maximum Gasteiger partial charge on any atom is 0.335 e. The van der Waals surface area contributed by atoms with Gasteiger partial charge in [0.25, 0.3) is 17.7 Å². The second-order valence-electron chi connectivity index (χ2n) is 7.78. The Labute approximate surface area is 216 Å². The van der Waals surface area contributed by atoms with Gasteiger partial charge in [-0.1, -0.05) is 53.5 Å². The third-order valence-electron chi connectivity index (χ3n) is 5.20. The zero-order chi connectivity index (χ0) is 25.8. The zero-order valence-corrected chi connectivity index (χ0v) is 20.4. The second kappa shape index (κ2) is 10.6. The lowest BCUT2D eigenvalue weighted by atomic mass is 10.1. The van der Waals surface area contributed by atoms with E-state index in [1.807, 2.05) is 0 Å². The number of benzene rings is 3. The van der Waals surface area contributed by atoms with Gasteiger partial charge in [0.15, 0.2) is 6.61 Å². The van der Waals surface area contributed by atoms with Crippen LogP contribution < -0.4 is 20.3 Å². The largest absolute Gasteiger partial charge is 0.484 e. The maximum absolute atomic E-state index is 13.2. The van der Waals surface area contributed by atoms with Gasteiger partial charge >= 0.3 is 6.03 Å². The SMILES string of the molecule is Cc1ccc(Cl)cc1N1C(=O)NC(=O)/C(=C\c2cccc(OCC(=O)Nc3ccccc3Cl)c2)C1=O. The van der Waals surface area contributed by atoms with E-state index in [-0.39, 0.29) is 17.9 Å². The minimum Gasteiger partial charge on any atom is -0.484 e. The van der Waals surface area contributed by atoms with Gasteiger partial charge in [-0.05, 0) is 60.5 Å². The highest BCUT2D eigenvalue weighted by atomic mass is 35.5. The highest BCUT2D eigenvalue weighted by Gasteiger charge is 2.37. The number of imide groups is 2. The fourth-order valence-electron chi connectivity index (χ4n) is 3.46. The molecule has 2 N–H and O–H groups in total. The predicted octanol–water partition coefficient (Wildman–Crippen LogP) is 4.99. The van der Waals surface area contributed by atoms with Crippen LogP contribution in [0, 0.1) is 6.92 Å². The fourth-order valence-corrected chi connectivity index (χ4v) is 3.81.